The van der Waals surface area contributed by atoms with E-state index in [0.717, 1.165) is 0 Å². The lowest BCUT2D eigenvalue weighted by Crippen LogP contribution is -2.13. The molecule has 0 radical (unpaired) electrons. The summed E-state index contributed by atoms with van der Waals surface area (Å²) in [4.78, 5) is 12.2. The number of ether oxygens (including phenoxy) is 2. The highest BCUT2D eigenvalue weighted by molar-refractivity contribution is 7.94. The molecule has 0 spiro atoms. The van der Waals surface area contributed by atoms with E-state index in [9.17, 15) is 13.2 Å². The Morgan fingerprint density at radius 3 is 2.45 bits per heavy atom. The molecule has 29 heavy (non-hydrogen) atoms. The van der Waals surface area contributed by atoms with Crippen molar-refractivity contribution in [3.8, 4) is 11.5 Å². The first-order valence-electron chi connectivity index (χ1n) is 7.97. The third kappa shape index (κ3) is 4.94. The minimum Gasteiger partial charge on any atom is -0.497 e. The molecule has 1 aromatic heterocycles. The van der Waals surface area contributed by atoms with Crippen molar-refractivity contribution in [2.45, 2.75) is 4.34 Å². The number of nitrogens with one attached hydrogen (secondary N) is 2. The van der Waals surface area contributed by atoms with Crippen LogP contribution in [0.25, 0.3) is 0 Å². The smallest absolute Gasteiger partial charge is 0.291 e. The number of hydrogen-bond acceptors (Lipinski definition) is 8. The number of nitrogens with zero attached hydrogens (tertiary/aromatic N) is 2. The minimum atomic E-state index is -4.05. The lowest BCUT2D eigenvalue weighted by Gasteiger charge is -2.11. The first kappa shape index (κ1) is 20.8. The van der Waals surface area contributed by atoms with Gasteiger partial charge in [-0.2, -0.15) is 8.42 Å². The fraction of sp³-hybridized carbons (Fsp3) is 0.118. The van der Waals surface area contributed by atoms with Gasteiger partial charge in [-0.15, -0.1) is 10.2 Å². The van der Waals surface area contributed by atoms with Gasteiger partial charge in [0.15, 0.2) is 0 Å². The zero-order valence-corrected chi connectivity index (χ0v) is 17.6. The molecular weight excluding hydrogens is 440 g/mol. The van der Waals surface area contributed by atoms with Gasteiger partial charge in [0.05, 0.1) is 19.9 Å². The fourth-order valence-electron chi connectivity index (χ4n) is 2.21. The maximum atomic E-state index is 12.6. The van der Waals surface area contributed by atoms with Gasteiger partial charge >= 0.3 is 0 Å². The van der Waals surface area contributed by atoms with Crippen LogP contribution in [-0.2, 0) is 10.0 Å². The van der Waals surface area contributed by atoms with Crippen LogP contribution in [-0.4, -0.2) is 38.7 Å². The normalized spacial score (nSPS) is 11.0. The predicted octanol–water partition coefficient (Wildman–Crippen LogP) is 3.26. The molecule has 0 atom stereocenters. The molecule has 3 rings (SSSR count). The quantitative estimate of drug-likeness (QED) is 0.525. The fourth-order valence-corrected chi connectivity index (χ4v) is 4.30. The largest absolute Gasteiger partial charge is 0.497 e. The average molecular weight is 455 g/mol. The van der Waals surface area contributed by atoms with Gasteiger partial charge in [-0.05, 0) is 36.4 Å². The van der Waals surface area contributed by atoms with Gasteiger partial charge in [-0.3, -0.25) is 14.8 Å². The van der Waals surface area contributed by atoms with Gasteiger partial charge < -0.3 is 9.47 Å². The third-order valence-corrected chi connectivity index (χ3v) is 6.44. The summed E-state index contributed by atoms with van der Waals surface area (Å²) in [5, 5.41) is 10.4. The Balaban J connectivity index is 1.76. The lowest BCUT2D eigenvalue weighted by molar-refractivity contribution is 0.102. The molecule has 0 aliphatic heterocycles. The predicted molar refractivity (Wildman–Crippen MR) is 110 cm³/mol. The molecule has 0 bridgehead atoms. The third-order valence-electron chi connectivity index (χ3n) is 3.62. The van der Waals surface area contributed by atoms with E-state index in [0.29, 0.717) is 27.7 Å². The lowest BCUT2D eigenvalue weighted by atomic mass is 10.2. The van der Waals surface area contributed by atoms with Crippen molar-refractivity contribution in [2.24, 2.45) is 0 Å². The zero-order valence-electron chi connectivity index (χ0n) is 15.2. The van der Waals surface area contributed by atoms with Gasteiger partial charge in [0.25, 0.3) is 20.3 Å². The highest BCUT2D eigenvalue weighted by Crippen LogP contribution is 2.31. The molecule has 9 nitrogen and oxygen atoms in total. The van der Waals surface area contributed by atoms with Crippen LogP contribution in [0.1, 0.15) is 10.4 Å². The number of benzene rings is 2. The monoisotopic (exact) mass is 454 g/mol. The van der Waals surface area contributed by atoms with E-state index in [1.165, 1.54) is 38.5 Å². The Bertz CT molecular complexity index is 1130. The molecule has 0 aliphatic carbocycles. The number of rotatable bonds is 7. The second-order valence-electron chi connectivity index (χ2n) is 5.51. The van der Waals surface area contributed by atoms with Crippen LogP contribution < -0.4 is 19.5 Å². The van der Waals surface area contributed by atoms with Crippen molar-refractivity contribution in [1.82, 2.24) is 10.2 Å². The van der Waals surface area contributed by atoms with Crippen molar-refractivity contribution in [2.75, 3.05) is 24.3 Å². The van der Waals surface area contributed by atoms with Gasteiger partial charge in [0.2, 0.25) is 5.13 Å². The topological polar surface area (TPSA) is 120 Å². The van der Waals surface area contributed by atoms with Gasteiger partial charge in [0, 0.05) is 16.7 Å². The van der Waals surface area contributed by atoms with E-state index in [-0.39, 0.29) is 20.9 Å². The molecule has 152 valence electrons. The summed E-state index contributed by atoms with van der Waals surface area (Å²) in [6.07, 6.45) is 0. The molecule has 0 saturated carbocycles. The van der Waals surface area contributed by atoms with Gasteiger partial charge in [-0.1, -0.05) is 22.9 Å². The summed E-state index contributed by atoms with van der Waals surface area (Å²) in [5.74, 6) is 0.313. The number of aromatic nitrogens is 2. The van der Waals surface area contributed by atoms with E-state index in [2.05, 4.69) is 20.2 Å². The van der Waals surface area contributed by atoms with Crippen molar-refractivity contribution < 1.29 is 22.7 Å². The molecule has 0 aliphatic rings. The molecule has 2 aromatic carbocycles. The number of amides is 1. The van der Waals surface area contributed by atoms with Crippen molar-refractivity contribution >= 4 is 49.7 Å². The Morgan fingerprint density at radius 2 is 1.79 bits per heavy atom. The van der Waals surface area contributed by atoms with E-state index >= 15 is 0 Å². The molecule has 1 amide bonds. The van der Waals surface area contributed by atoms with Crippen LogP contribution in [0, 0.1) is 0 Å². The number of hydrogen-bond donors (Lipinski definition) is 2. The molecule has 0 fully saturated rings. The maximum absolute atomic E-state index is 12.6. The van der Waals surface area contributed by atoms with Crippen LogP contribution in [0.2, 0.25) is 5.02 Å². The molecular formula is C17H15ClN4O5S2. The van der Waals surface area contributed by atoms with Crippen molar-refractivity contribution in [1.29, 1.82) is 0 Å². The Labute approximate surface area is 175 Å². The second kappa shape index (κ2) is 8.64. The van der Waals surface area contributed by atoms with Crippen molar-refractivity contribution in [3.63, 3.8) is 0 Å². The van der Waals surface area contributed by atoms with Crippen molar-refractivity contribution in [3.05, 3.63) is 53.1 Å². The molecule has 3 aromatic rings. The highest BCUT2D eigenvalue weighted by Gasteiger charge is 2.23. The van der Waals surface area contributed by atoms with Crippen LogP contribution in [0.5, 0.6) is 11.5 Å². The summed E-state index contributed by atoms with van der Waals surface area (Å²) < 4.78 is 37.6. The van der Waals surface area contributed by atoms with Crippen LogP contribution in [0.4, 0.5) is 10.8 Å². The number of sulfonamides is 1. The molecule has 0 unspecified atom stereocenters. The number of anilines is 2. The Kier molecular flexibility index (Phi) is 6.20. The summed E-state index contributed by atoms with van der Waals surface area (Å²) in [7, 11) is -1.15. The molecule has 2 N–H and O–H groups in total. The first-order valence-corrected chi connectivity index (χ1v) is 10.7. The van der Waals surface area contributed by atoms with Crippen LogP contribution >= 0.6 is 22.9 Å². The minimum absolute atomic E-state index is 0.0343. The number of carbonyl (C=O) groups excluding carboxylic acids is 1. The average Bonchev–Trinajstić information content (AvgIpc) is 3.18. The van der Waals surface area contributed by atoms with E-state index in [4.69, 9.17) is 21.1 Å². The van der Waals surface area contributed by atoms with E-state index < -0.39 is 15.9 Å². The molecule has 12 heteroatoms. The summed E-state index contributed by atoms with van der Waals surface area (Å²) >= 11 is 6.50. The van der Waals surface area contributed by atoms with Crippen LogP contribution in [0.15, 0.2) is 46.8 Å². The van der Waals surface area contributed by atoms with E-state index in [1.807, 2.05) is 0 Å². The number of carbonyl (C=O) groups is 1. The maximum Gasteiger partial charge on any atom is 0.291 e. The zero-order chi connectivity index (χ0) is 21.0. The van der Waals surface area contributed by atoms with Gasteiger partial charge in [-0.25, -0.2) is 0 Å². The SMILES string of the molecule is COc1ccc(NS(=O)(=O)c2nnc(NC(=O)c3ccc(Cl)cc3)s2)c(OC)c1. The first-order chi connectivity index (χ1) is 13.8. The molecule has 1 heterocycles. The highest BCUT2D eigenvalue weighted by atomic mass is 35.5. The number of methoxy groups -OCH3 is 2. The van der Waals surface area contributed by atoms with E-state index in [1.54, 1.807) is 18.2 Å². The van der Waals surface area contributed by atoms with Gasteiger partial charge in [0.1, 0.15) is 11.5 Å². The number of halogens is 1. The summed E-state index contributed by atoms with van der Waals surface area (Å²) in [6, 6.07) is 10.8. The Morgan fingerprint density at radius 1 is 1.07 bits per heavy atom. The van der Waals surface area contributed by atoms with Crippen LogP contribution in [0.3, 0.4) is 0 Å². The second-order valence-corrected chi connectivity index (χ2v) is 8.78. The summed E-state index contributed by atoms with van der Waals surface area (Å²) in [6.45, 7) is 0. The Hall–Kier alpha value is -2.89. The standard InChI is InChI=1S/C17H15ClN4O5S2/c1-26-12-7-8-13(14(9-12)27-2)22-29(24,25)17-21-20-16(28-17)19-15(23)10-3-5-11(18)6-4-10/h3-9,22H,1-2H3,(H,19,20,23). The summed E-state index contributed by atoms with van der Waals surface area (Å²) in [5.41, 5.74) is 0.547. The molecule has 0 saturated heterocycles.